The molecule has 5 nitrogen and oxygen atoms in total. The predicted octanol–water partition coefficient (Wildman–Crippen LogP) is 4.60. The average molecular weight is 560 g/mol. The number of halogens is 3. The second kappa shape index (κ2) is 12.0. The van der Waals surface area contributed by atoms with Crippen molar-refractivity contribution < 1.29 is 4.39 Å². The van der Waals surface area contributed by atoms with E-state index in [4.69, 9.17) is 11.6 Å². The van der Waals surface area contributed by atoms with Gasteiger partial charge in [0.25, 0.3) is 0 Å². The molecule has 0 bridgehead atoms. The maximum atomic E-state index is 13.4. The molecule has 0 unspecified atom stereocenters. The first-order valence-corrected chi connectivity index (χ1v) is 10.8. The molecule has 1 aliphatic rings. The van der Waals surface area contributed by atoms with Crippen molar-refractivity contribution in [2.45, 2.75) is 44.7 Å². The van der Waals surface area contributed by atoms with Crippen molar-refractivity contribution in [1.82, 2.24) is 20.5 Å². The highest BCUT2D eigenvalue weighted by molar-refractivity contribution is 14.0. The van der Waals surface area contributed by atoms with E-state index in [0.29, 0.717) is 17.6 Å². The third kappa shape index (κ3) is 7.57. The monoisotopic (exact) mass is 559 g/mol. The number of aromatic nitrogens is 1. The number of likely N-dealkylation sites (tertiary alicyclic amines) is 1. The second-order valence-electron chi connectivity index (χ2n) is 8.45. The Morgan fingerprint density at radius 3 is 2.61 bits per heavy atom. The van der Waals surface area contributed by atoms with Gasteiger partial charge in [-0.2, -0.15) is 0 Å². The van der Waals surface area contributed by atoms with Gasteiger partial charge in [-0.25, -0.2) is 4.39 Å². The molecule has 3 rings (SSSR count). The molecule has 2 heterocycles. The lowest BCUT2D eigenvalue weighted by Gasteiger charge is -2.33. The van der Waals surface area contributed by atoms with E-state index in [1.165, 1.54) is 12.1 Å². The number of nitrogens with zero attached hydrogens (tertiary/aromatic N) is 3. The minimum absolute atomic E-state index is 0. The van der Waals surface area contributed by atoms with Crippen molar-refractivity contribution in [1.29, 1.82) is 0 Å². The highest BCUT2D eigenvalue weighted by Gasteiger charge is 2.25. The third-order valence-corrected chi connectivity index (χ3v) is 5.93. The zero-order valence-corrected chi connectivity index (χ0v) is 21.5. The Labute approximate surface area is 206 Å². The van der Waals surface area contributed by atoms with Gasteiger partial charge < -0.3 is 10.6 Å². The van der Waals surface area contributed by atoms with Crippen LogP contribution in [0.3, 0.4) is 0 Å². The third-order valence-electron chi connectivity index (χ3n) is 5.62. The molecular formula is C23H32ClFIN5. The van der Waals surface area contributed by atoms with E-state index in [-0.39, 0.29) is 35.2 Å². The largest absolute Gasteiger partial charge is 0.356 e. The average Bonchev–Trinajstić information content (AvgIpc) is 2.73. The van der Waals surface area contributed by atoms with E-state index in [1.54, 1.807) is 13.1 Å². The summed E-state index contributed by atoms with van der Waals surface area (Å²) in [5.41, 5.74) is 1.76. The smallest absolute Gasteiger partial charge is 0.191 e. The Hall–Kier alpha value is -1.45. The fourth-order valence-corrected chi connectivity index (χ4v) is 4.21. The molecule has 1 aromatic carbocycles. The summed E-state index contributed by atoms with van der Waals surface area (Å²) in [6, 6.07) is 11.0. The van der Waals surface area contributed by atoms with Crippen molar-refractivity contribution in [2.24, 2.45) is 4.99 Å². The van der Waals surface area contributed by atoms with E-state index >= 15 is 0 Å². The number of hydrogen-bond donors (Lipinski definition) is 2. The number of benzene rings is 1. The van der Waals surface area contributed by atoms with Crippen LogP contribution in [-0.4, -0.2) is 48.6 Å². The van der Waals surface area contributed by atoms with Gasteiger partial charge in [-0.05, 0) is 42.7 Å². The molecule has 2 aromatic rings. The summed E-state index contributed by atoms with van der Waals surface area (Å²) < 4.78 is 13.4. The van der Waals surface area contributed by atoms with Crippen LogP contribution < -0.4 is 10.6 Å². The molecule has 0 spiro atoms. The van der Waals surface area contributed by atoms with Crippen LogP contribution in [0.5, 0.6) is 0 Å². The zero-order valence-electron chi connectivity index (χ0n) is 18.4. The number of nitrogens with one attached hydrogen (secondary N) is 2. The van der Waals surface area contributed by atoms with Crippen LogP contribution in [0, 0.1) is 5.82 Å². The lowest BCUT2D eigenvalue weighted by Crippen LogP contribution is -2.50. The molecule has 1 saturated heterocycles. The van der Waals surface area contributed by atoms with E-state index in [9.17, 15) is 4.39 Å². The van der Waals surface area contributed by atoms with Crippen LogP contribution in [0.15, 0.2) is 47.6 Å². The molecule has 170 valence electrons. The van der Waals surface area contributed by atoms with Crippen LogP contribution in [0.4, 0.5) is 4.39 Å². The number of piperidine rings is 1. The summed E-state index contributed by atoms with van der Waals surface area (Å²) in [5, 5.41) is 7.40. The van der Waals surface area contributed by atoms with Crippen LogP contribution in [0.25, 0.3) is 0 Å². The first-order valence-electron chi connectivity index (χ1n) is 10.4. The van der Waals surface area contributed by atoms with E-state index in [2.05, 4.69) is 45.4 Å². The van der Waals surface area contributed by atoms with Crippen LogP contribution in [0.2, 0.25) is 5.02 Å². The molecule has 0 saturated carbocycles. The quantitative estimate of drug-likeness (QED) is 0.309. The normalized spacial score (nSPS) is 16.0. The Bertz CT molecular complexity index is 854. The van der Waals surface area contributed by atoms with Gasteiger partial charge in [-0.1, -0.05) is 37.6 Å². The first-order chi connectivity index (χ1) is 14.4. The molecule has 0 amide bonds. The number of hydrogen-bond acceptors (Lipinski definition) is 3. The van der Waals surface area contributed by atoms with Crippen molar-refractivity contribution in [3.63, 3.8) is 0 Å². The first kappa shape index (κ1) is 25.8. The maximum absolute atomic E-state index is 13.4. The summed E-state index contributed by atoms with van der Waals surface area (Å²) in [6.45, 7) is 7.76. The Morgan fingerprint density at radius 2 is 2.00 bits per heavy atom. The summed E-state index contributed by atoms with van der Waals surface area (Å²) in [7, 11) is 1.78. The minimum Gasteiger partial charge on any atom is -0.356 e. The fourth-order valence-electron chi connectivity index (χ4n) is 3.78. The number of pyridine rings is 1. The molecule has 1 aliphatic heterocycles. The summed E-state index contributed by atoms with van der Waals surface area (Å²) in [6.07, 6.45) is 3.96. The van der Waals surface area contributed by atoms with Gasteiger partial charge in [-0.3, -0.25) is 14.9 Å². The standard InChI is InChI=1S/C23H31ClFN5.HI/c1-23(2,20-8-7-17(25)14-21(20)24)16-28-22(26-3)29-18-9-12-30(13-10-18)15-19-6-4-5-11-27-19;/h4-8,11,14,18H,9-10,12-13,15-16H2,1-3H3,(H2,26,28,29);1H. The molecule has 31 heavy (non-hydrogen) atoms. The minimum atomic E-state index is -0.320. The zero-order chi connectivity index (χ0) is 21.6. The van der Waals surface area contributed by atoms with Gasteiger partial charge in [0.15, 0.2) is 5.96 Å². The molecule has 8 heteroatoms. The van der Waals surface area contributed by atoms with Crippen LogP contribution in [-0.2, 0) is 12.0 Å². The van der Waals surface area contributed by atoms with Crippen molar-refractivity contribution >= 4 is 41.5 Å². The summed E-state index contributed by atoms with van der Waals surface area (Å²) in [4.78, 5) is 11.2. The van der Waals surface area contributed by atoms with Gasteiger partial charge in [0.1, 0.15) is 5.82 Å². The predicted molar refractivity (Wildman–Crippen MR) is 137 cm³/mol. The fraction of sp³-hybridized carbons (Fsp3) is 0.478. The van der Waals surface area contributed by atoms with Crippen LogP contribution >= 0.6 is 35.6 Å². The van der Waals surface area contributed by atoms with E-state index in [1.807, 2.05) is 18.3 Å². The van der Waals surface area contributed by atoms with E-state index in [0.717, 1.165) is 49.7 Å². The van der Waals surface area contributed by atoms with Crippen molar-refractivity contribution in [3.05, 3.63) is 64.7 Å². The SMILES string of the molecule is CN=C(NCC(C)(C)c1ccc(F)cc1Cl)NC1CCN(Cc2ccccn2)CC1.I. The molecular weight excluding hydrogens is 528 g/mol. The lowest BCUT2D eigenvalue weighted by molar-refractivity contribution is 0.196. The van der Waals surface area contributed by atoms with E-state index < -0.39 is 0 Å². The Balaban J connectivity index is 0.00000341. The molecule has 0 radical (unpaired) electrons. The van der Waals surface area contributed by atoms with Crippen molar-refractivity contribution in [3.8, 4) is 0 Å². The summed E-state index contributed by atoms with van der Waals surface area (Å²) >= 11 is 6.27. The number of aliphatic imine (C=N–C) groups is 1. The van der Waals surface area contributed by atoms with Gasteiger partial charge >= 0.3 is 0 Å². The summed E-state index contributed by atoms with van der Waals surface area (Å²) in [5.74, 6) is 0.462. The second-order valence-corrected chi connectivity index (χ2v) is 8.86. The highest BCUT2D eigenvalue weighted by Crippen LogP contribution is 2.30. The molecule has 0 atom stereocenters. The van der Waals surface area contributed by atoms with Gasteiger partial charge in [0, 0.05) is 55.9 Å². The van der Waals surface area contributed by atoms with Gasteiger partial charge in [0.05, 0.1) is 5.69 Å². The molecule has 1 fully saturated rings. The lowest BCUT2D eigenvalue weighted by atomic mass is 9.84. The van der Waals surface area contributed by atoms with Gasteiger partial charge in [0.2, 0.25) is 0 Å². The molecule has 0 aliphatic carbocycles. The molecule has 2 N–H and O–H groups in total. The Kier molecular flexibility index (Phi) is 9.96. The van der Waals surface area contributed by atoms with Crippen LogP contribution in [0.1, 0.15) is 37.9 Å². The maximum Gasteiger partial charge on any atom is 0.191 e. The molecule has 1 aromatic heterocycles. The topological polar surface area (TPSA) is 52.6 Å². The van der Waals surface area contributed by atoms with Crippen molar-refractivity contribution in [2.75, 3.05) is 26.7 Å². The number of rotatable bonds is 6. The van der Waals surface area contributed by atoms with Gasteiger partial charge in [-0.15, -0.1) is 24.0 Å². The number of guanidine groups is 1. The highest BCUT2D eigenvalue weighted by atomic mass is 127. The Morgan fingerprint density at radius 1 is 1.26 bits per heavy atom.